The van der Waals surface area contributed by atoms with Crippen LogP contribution in [-0.4, -0.2) is 30.4 Å². The van der Waals surface area contributed by atoms with Gasteiger partial charge in [-0.1, -0.05) is 170 Å². The van der Waals surface area contributed by atoms with Gasteiger partial charge < -0.3 is 15.4 Å². The minimum atomic E-state index is -0.880. The Kier molecular flexibility index (Phi) is 10.1. The standard InChI is InChI=1S/C44H38N2O3S/c47-42(45-29-32-17-5-1-6-18-32)41(46-43(48)49-30-40-38-27-15-13-25-36(38)37-26-14-16-28-39(37)40)31-50-44(33-19-7-2-8-20-33,34-21-9-3-10-22-34)35-23-11-4-12-24-35/h1-28,40-41H,29-31H2,(H,45,47)(H,46,48)/t41-/m0/s1. The van der Waals surface area contributed by atoms with Crippen LogP contribution in [0.5, 0.6) is 0 Å². The van der Waals surface area contributed by atoms with E-state index < -0.39 is 16.9 Å². The van der Waals surface area contributed by atoms with Gasteiger partial charge in [0.05, 0.1) is 4.75 Å². The molecule has 0 unspecified atom stereocenters. The zero-order chi connectivity index (χ0) is 34.2. The Balaban J connectivity index is 1.16. The number of carbonyl (C=O) groups is 2. The van der Waals surface area contributed by atoms with E-state index in [0.717, 1.165) is 44.5 Å². The van der Waals surface area contributed by atoms with E-state index in [0.29, 0.717) is 6.54 Å². The fraction of sp³-hybridized carbons (Fsp3) is 0.136. The molecular weight excluding hydrogens is 637 g/mol. The molecule has 1 atom stereocenters. The molecule has 0 heterocycles. The SMILES string of the molecule is O=C(N[C@@H](CSC(c1ccccc1)(c1ccccc1)c1ccccc1)C(=O)NCc1ccccc1)OCC1c2ccccc2-c2ccccc21. The van der Waals surface area contributed by atoms with Crippen molar-refractivity contribution in [2.75, 3.05) is 12.4 Å². The molecule has 0 radical (unpaired) electrons. The van der Waals surface area contributed by atoms with Crippen LogP contribution in [0, 0.1) is 0 Å². The van der Waals surface area contributed by atoms with Crippen LogP contribution in [0.25, 0.3) is 11.1 Å². The highest BCUT2D eigenvalue weighted by Crippen LogP contribution is 2.49. The zero-order valence-electron chi connectivity index (χ0n) is 27.6. The largest absolute Gasteiger partial charge is 0.449 e. The zero-order valence-corrected chi connectivity index (χ0v) is 28.4. The van der Waals surface area contributed by atoms with E-state index in [-0.39, 0.29) is 24.2 Å². The molecule has 1 aliphatic rings. The maximum Gasteiger partial charge on any atom is 0.407 e. The minimum Gasteiger partial charge on any atom is -0.449 e. The molecular formula is C44H38N2O3S. The lowest BCUT2D eigenvalue weighted by Crippen LogP contribution is -2.49. The molecule has 6 aromatic carbocycles. The third-order valence-electron chi connectivity index (χ3n) is 9.27. The Labute approximate surface area is 297 Å². The summed E-state index contributed by atoms with van der Waals surface area (Å²) in [5.74, 6) is -0.0866. The summed E-state index contributed by atoms with van der Waals surface area (Å²) >= 11 is 1.62. The van der Waals surface area contributed by atoms with Crippen molar-refractivity contribution in [3.05, 3.63) is 203 Å². The topological polar surface area (TPSA) is 67.4 Å². The van der Waals surface area contributed by atoms with Gasteiger partial charge in [0.2, 0.25) is 5.91 Å². The highest BCUT2D eigenvalue weighted by atomic mass is 32.2. The monoisotopic (exact) mass is 674 g/mol. The van der Waals surface area contributed by atoms with E-state index in [1.807, 2.05) is 109 Å². The van der Waals surface area contributed by atoms with Crippen molar-refractivity contribution in [3.63, 3.8) is 0 Å². The van der Waals surface area contributed by atoms with E-state index in [4.69, 9.17) is 4.74 Å². The molecule has 0 aliphatic heterocycles. The van der Waals surface area contributed by atoms with Crippen molar-refractivity contribution in [2.45, 2.75) is 23.3 Å². The van der Waals surface area contributed by atoms with E-state index in [1.165, 1.54) is 0 Å². The van der Waals surface area contributed by atoms with Crippen molar-refractivity contribution >= 4 is 23.8 Å². The summed E-state index contributed by atoms with van der Waals surface area (Å²) in [4.78, 5) is 27.6. The Morgan fingerprint density at radius 1 is 0.600 bits per heavy atom. The predicted molar refractivity (Wildman–Crippen MR) is 202 cm³/mol. The van der Waals surface area contributed by atoms with Crippen LogP contribution in [0.2, 0.25) is 0 Å². The quantitative estimate of drug-likeness (QED) is 0.127. The third-order valence-corrected chi connectivity index (χ3v) is 10.9. The minimum absolute atomic E-state index is 0.0882. The van der Waals surface area contributed by atoms with Crippen molar-refractivity contribution < 1.29 is 14.3 Å². The maximum absolute atomic E-state index is 14.0. The number of nitrogens with one attached hydrogen (secondary N) is 2. The predicted octanol–water partition coefficient (Wildman–Crippen LogP) is 8.94. The molecule has 0 saturated carbocycles. The first kappa shape index (κ1) is 32.9. The smallest absolute Gasteiger partial charge is 0.407 e. The van der Waals surface area contributed by atoms with Gasteiger partial charge in [0.1, 0.15) is 12.6 Å². The molecule has 5 nitrogen and oxygen atoms in total. The number of hydrogen-bond donors (Lipinski definition) is 2. The van der Waals surface area contributed by atoms with Gasteiger partial charge in [-0.25, -0.2) is 4.79 Å². The first-order valence-corrected chi connectivity index (χ1v) is 17.9. The first-order valence-electron chi connectivity index (χ1n) is 16.9. The number of hydrogen-bond acceptors (Lipinski definition) is 4. The van der Waals surface area contributed by atoms with Crippen LogP contribution < -0.4 is 10.6 Å². The average Bonchev–Trinajstić information content (AvgIpc) is 3.51. The number of thioether (sulfide) groups is 1. The van der Waals surface area contributed by atoms with Crippen molar-refractivity contribution in [3.8, 4) is 11.1 Å². The summed E-state index contributed by atoms with van der Waals surface area (Å²) in [6.07, 6.45) is -0.628. The van der Waals surface area contributed by atoms with Gasteiger partial charge in [-0.15, -0.1) is 11.8 Å². The summed E-state index contributed by atoms with van der Waals surface area (Å²) < 4.78 is 5.27. The summed E-state index contributed by atoms with van der Waals surface area (Å²) in [7, 11) is 0. The highest BCUT2D eigenvalue weighted by molar-refractivity contribution is 8.00. The van der Waals surface area contributed by atoms with Gasteiger partial charge in [0.15, 0.2) is 0 Å². The first-order chi connectivity index (χ1) is 24.6. The number of amides is 2. The summed E-state index contributed by atoms with van der Waals surface area (Å²) in [6, 6.07) is 56.3. The Morgan fingerprint density at radius 3 is 1.54 bits per heavy atom. The Hall–Kier alpha value is -5.59. The van der Waals surface area contributed by atoms with E-state index in [2.05, 4.69) is 71.3 Å². The lowest BCUT2D eigenvalue weighted by atomic mass is 9.84. The molecule has 6 aromatic rings. The van der Waals surface area contributed by atoms with Gasteiger partial charge in [-0.2, -0.15) is 0 Å². The summed E-state index contributed by atoms with van der Waals surface area (Å²) in [5, 5.41) is 6.02. The van der Waals surface area contributed by atoms with E-state index in [9.17, 15) is 9.59 Å². The Morgan fingerprint density at radius 2 is 1.04 bits per heavy atom. The highest BCUT2D eigenvalue weighted by Gasteiger charge is 2.39. The van der Waals surface area contributed by atoms with Gasteiger partial charge in [0.25, 0.3) is 0 Å². The second-order valence-electron chi connectivity index (χ2n) is 12.3. The van der Waals surface area contributed by atoms with Crippen LogP contribution in [0.15, 0.2) is 170 Å². The second-order valence-corrected chi connectivity index (χ2v) is 13.6. The average molecular weight is 675 g/mol. The third kappa shape index (κ3) is 6.93. The number of fused-ring (bicyclic) bond motifs is 3. The Bertz CT molecular complexity index is 1900. The molecule has 0 spiro atoms. The normalized spacial score (nSPS) is 12.7. The van der Waals surface area contributed by atoms with Crippen LogP contribution in [0.3, 0.4) is 0 Å². The van der Waals surface area contributed by atoms with Gasteiger partial charge in [0, 0.05) is 18.2 Å². The van der Waals surface area contributed by atoms with Gasteiger partial charge in [-0.3, -0.25) is 4.79 Å². The van der Waals surface area contributed by atoms with Gasteiger partial charge in [-0.05, 0) is 44.5 Å². The number of carbonyl (C=O) groups excluding carboxylic acids is 2. The van der Waals surface area contributed by atoms with E-state index >= 15 is 0 Å². The fourth-order valence-electron chi connectivity index (χ4n) is 6.85. The second kappa shape index (κ2) is 15.3. The molecule has 0 saturated heterocycles. The lowest BCUT2D eigenvalue weighted by Gasteiger charge is -2.36. The molecule has 1 aliphatic carbocycles. The van der Waals surface area contributed by atoms with Gasteiger partial charge >= 0.3 is 6.09 Å². The number of benzene rings is 6. The number of alkyl carbamates (subject to hydrolysis) is 1. The molecule has 50 heavy (non-hydrogen) atoms. The molecule has 248 valence electrons. The lowest BCUT2D eigenvalue weighted by molar-refractivity contribution is -0.122. The molecule has 7 rings (SSSR count). The molecule has 0 fully saturated rings. The van der Waals surface area contributed by atoms with Crippen LogP contribution in [0.1, 0.15) is 39.3 Å². The van der Waals surface area contributed by atoms with Crippen molar-refractivity contribution in [2.24, 2.45) is 0 Å². The number of rotatable bonds is 12. The molecule has 6 heteroatoms. The number of ether oxygens (including phenoxy) is 1. The summed E-state index contributed by atoms with van der Waals surface area (Å²) in [5.41, 5.74) is 8.78. The van der Waals surface area contributed by atoms with Crippen LogP contribution >= 0.6 is 11.8 Å². The molecule has 2 N–H and O–H groups in total. The fourth-order valence-corrected chi connectivity index (χ4v) is 8.41. The van der Waals surface area contributed by atoms with Crippen molar-refractivity contribution in [1.29, 1.82) is 0 Å². The van der Waals surface area contributed by atoms with Crippen LogP contribution in [0.4, 0.5) is 4.79 Å². The van der Waals surface area contributed by atoms with Crippen molar-refractivity contribution in [1.82, 2.24) is 10.6 Å². The molecule has 2 amide bonds. The summed E-state index contributed by atoms with van der Waals surface area (Å²) in [6.45, 7) is 0.502. The van der Waals surface area contributed by atoms with Crippen LogP contribution in [-0.2, 0) is 20.8 Å². The maximum atomic E-state index is 14.0. The molecule has 0 bridgehead atoms. The van der Waals surface area contributed by atoms with E-state index in [1.54, 1.807) is 11.8 Å². The molecule has 0 aromatic heterocycles.